The van der Waals surface area contributed by atoms with Crippen LogP contribution in [0.25, 0.3) is 11.5 Å². The van der Waals surface area contributed by atoms with Gasteiger partial charge in [0.2, 0.25) is 23.7 Å². The van der Waals surface area contributed by atoms with Gasteiger partial charge in [-0.3, -0.25) is 29.9 Å². The van der Waals surface area contributed by atoms with Crippen molar-refractivity contribution in [1.29, 1.82) is 0 Å². The molecule has 2 fully saturated rings. The lowest BCUT2D eigenvalue weighted by Crippen LogP contribution is -2.75. The summed E-state index contributed by atoms with van der Waals surface area (Å²) in [4.78, 5) is 50.9. The van der Waals surface area contributed by atoms with Gasteiger partial charge >= 0.3 is 6.03 Å². The summed E-state index contributed by atoms with van der Waals surface area (Å²) in [5.41, 5.74) is -0.721. The fraction of sp³-hybridized carbons (Fsp3) is 0.182. The number of carbonyl (C=O) groups is 4. The topological polar surface area (TPSA) is 144 Å². The lowest BCUT2D eigenvalue weighted by Gasteiger charge is -2.45. The van der Waals surface area contributed by atoms with Gasteiger partial charge in [0.15, 0.2) is 0 Å². The van der Waals surface area contributed by atoms with Crippen LogP contribution in [0.2, 0.25) is 0 Å². The highest BCUT2D eigenvalue weighted by Gasteiger charge is 2.58. The third-order valence-electron chi connectivity index (χ3n) is 5.56. The van der Waals surface area contributed by atoms with Crippen molar-refractivity contribution < 1.29 is 28.3 Å². The van der Waals surface area contributed by atoms with Crippen LogP contribution in [0.15, 0.2) is 59.3 Å². The summed E-state index contributed by atoms with van der Waals surface area (Å²) < 4.78 is 11.0. The van der Waals surface area contributed by atoms with Crippen molar-refractivity contribution >= 4 is 29.4 Å². The van der Waals surface area contributed by atoms with E-state index < -0.39 is 23.4 Å². The van der Waals surface area contributed by atoms with Gasteiger partial charge in [-0.05, 0) is 61.4 Å². The van der Waals surface area contributed by atoms with E-state index in [1.807, 2.05) is 0 Å². The van der Waals surface area contributed by atoms with E-state index in [1.165, 1.54) is 6.39 Å². The van der Waals surface area contributed by atoms with Crippen LogP contribution in [0, 0.1) is 0 Å². The number of imide groups is 2. The van der Waals surface area contributed by atoms with Crippen molar-refractivity contribution in [2.45, 2.75) is 24.8 Å². The van der Waals surface area contributed by atoms with E-state index in [4.69, 9.17) is 9.15 Å². The van der Waals surface area contributed by atoms with Crippen LogP contribution in [0.4, 0.5) is 10.5 Å². The zero-order valence-electron chi connectivity index (χ0n) is 17.1. The normalized spacial score (nSPS) is 17.6. The molecule has 0 unspecified atom stereocenters. The molecule has 2 aliphatic heterocycles. The molecule has 33 heavy (non-hydrogen) atoms. The third-order valence-corrected chi connectivity index (χ3v) is 5.56. The quantitative estimate of drug-likeness (QED) is 0.579. The van der Waals surface area contributed by atoms with Crippen LogP contribution in [0.3, 0.4) is 0 Å². The van der Waals surface area contributed by atoms with Crippen LogP contribution < -0.4 is 20.3 Å². The Morgan fingerprint density at radius 2 is 1.55 bits per heavy atom. The van der Waals surface area contributed by atoms with Crippen molar-refractivity contribution in [3.05, 3.63) is 54.9 Å². The lowest BCUT2D eigenvalue weighted by atomic mass is 9.82. The van der Waals surface area contributed by atoms with Crippen LogP contribution in [0.1, 0.15) is 19.3 Å². The number of nitrogens with zero attached hydrogens (tertiary/aromatic N) is 3. The first-order chi connectivity index (χ1) is 16.0. The zero-order valence-corrected chi connectivity index (χ0v) is 17.1. The molecule has 11 nitrogen and oxygen atoms in total. The maximum absolute atomic E-state index is 12.8. The summed E-state index contributed by atoms with van der Waals surface area (Å²) in [6, 6.07) is 12.6. The van der Waals surface area contributed by atoms with Gasteiger partial charge in [0, 0.05) is 17.7 Å². The van der Waals surface area contributed by atoms with Gasteiger partial charge in [-0.15, -0.1) is 10.2 Å². The second-order valence-corrected chi connectivity index (χ2v) is 7.54. The number of carbonyl (C=O) groups excluding carboxylic acids is 4. The monoisotopic (exact) mass is 447 g/mol. The molecule has 5 rings (SSSR count). The number of hydrogen-bond donors (Lipinski definition) is 2. The van der Waals surface area contributed by atoms with Gasteiger partial charge in [0.05, 0.1) is 0 Å². The number of ether oxygens (including phenoxy) is 1. The molecule has 0 saturated carbocycles. The standard InChI is InChI=1S/C22H17N5O6/c28-17-2-1-11-22(19(29)24-21(31)25-20(22)30)27(17)14-5-9-16(10-6-14)33-15-7-3-13(4-8-15)18-26-23-12-32-18/h3-10,12H,1-2,11H2,(H2,24,25,29,30,31). The minimum Gasteiger partial charge on any atom is -0.457 e. The fourth-order valence-electron chi connectivity index (χ4n) is 4.04. The molecule has 2 N–H and O–H groups in total. The SMILES string of the molecule is O=C1NC(=O)C2(CCCC(=O)N2c2ccc(Oc3ccc(-c4nnco4)cc3)cc2)C(=O)N1. The third kappa shape index (κ3) is 3.49. The number of anilines is 1. The smallest absolute Gasteiger partial charge is 0.328 e. The van der Waals surface area contributed by atoms with E-state index in [9.17, 15) is 19.2 Å². The van der Waals surface area contributed by atoms with Gasteiger partial charge in [0.1, 0.15) is 11.5 Å². The van der Waals surface area contributed by atoms with Gasteiger partial charge in [-0.2, -0.15) is 0 Å². The first kappa shape index (κ1) is 20.4. The summed E-state index contributed by atoms with van der Waals surface area (Å²) >= 11 is 0. The van der Waals surface area contributed by atoms with Gasteiger partial charge in [-0.1, -0.05) is 0 Å². The Balaban J connectivity index is 1.39. The first-order valence-electron chi connectivity index (χ1n) is 10.1. The number of urea groups is 1. The summed E-state index contributed by atoms with van der Waals surface area (Å²) in [5.74, 6) is -0.580. The number of nitrogens with one attached hydrogen (secondary N) is 2. The van der Waals surface area contributed by atoms with Crippen molar-refractivity contribution in [1.82, 2.24) is 20.8 Å². The zero-order chi connectivity index (χ0) is 23.0. The molecule has 0 atom stereocenters. The number of rotatable bonds is 4. The van der Waals surface area contributed by atoms with E-state index in [1.54, 1.807) is 48.5 Å². The molecule has 11 heteroatoms. The molecule has 1 aromatic heterocycles. The number of aromatic nitrogens is 2. The summed E-state index contributed by atoms with van der Waals surface area (Å²) in [6.07, 6.45) is 1.89. The molecular formula is C22H17N5O6. The van der Waals surface area contributed by atoms with Crippen molar-refractivity contribution in [3.63, 3.8) is 0 Å². The maximum Gasteiger partial charge on any atom is 0.328 e. The van der Waals surface area contributed by atoms with Crippen LogP contribution in [0.5, 0.6) is 11.5 Å². The van der Waals surface area contributed by atoms with Gasteiger partial charge in [-0.25, -0.2) is 4.79 Å². The Kier molecular flexibility index (Phi) is 4.85. The van der Waals surface area contributed by atoms with E-state index in [2.05, 4.69) is 20.8 Å². The van der Waals surface area contributed by atoms with Crippen LogP contribution in [-0.2, 0) is 14.4 Å². The maximum atomic E-state index is 12.8. The van der Waals surface area contributed by atoms with Crippen molar-refractivity contribution in [2.75, 3.05) is 4.90 Å². The highest BCUT2D eigenvalue weighted by Crippen LogP contribution is 2.37. The van der Waals surface area contributed by atoms with Crippen molar-refractivity contribution in [2.24, 2.45) is 0 Å². The van der Waals surface area contributed by atoms with E-state index in [-0.39, 0.29) is 18.7 Å². The summed E-state index contributed by atoms with van der Waals surface area (Å²) in [6.45, 7) is 0. The molecule has 5 amide bonds. The second kappa shape index (κ2) is 7.86. The Morgan fingerprint density at radius 1 is 0.909 bits per heavy atom. The minimum absolute atomic E-state index is 0.105. The summed E-state index contributed by atoms with van der Waals surface area (Å²) in [5, 5.41) is 11.7. The minimum atomic E-state index is -1.81. The van der Waals surface area contributed by atoms with Crippen molar-refractivity contribution in [3.8, 4) is 23.0 Å². The molecule has 0 aliphatic carbocycles. The first-order valence-corrected chi connectivity index (χ1v) is 10.1. The molecule has 2 aliphatic rings. The van der Waals surface area contributed by atoms with Gasteiger partial charge in [0.25, 0.3) is 11.8 Å². The van der Waals surface area contributed by atoms with E-state index in [0.717, 1.165) is 10.5 Å². The highest BCUT2D eigenvalue weighted by atomic mass is 16.5. The van der Waals surface area contributed by atoms with Crippen LogP contribution in [-0.4, -0.2) is 39.5 Å². The molecule has 2 saturated heterocycles. The second-order valence-electron chi connectivity index (χ2n) is 7.54. The number of piperidine rings is 1. The average Bonchev–Trinajstić information content (AvgIpc) is 3.34. The molecule has 3 aromatic rings. The van der Waals surface area contributed by atoms with E-state index in [0.29, 0.717) is 29.5 Å². The summed E-state index contributed by atoms with van der Waals surface area (Å²) in [7, 11) is 0. The Hall–Kier alpha value is -4.54. The lowest BCUT2D eigenvalue weighted by molar-refractivity contribution is -0.143. The molecule has 2 aromatic carbocycles. The number of hydrogen-bond acceptors (Lipinski definition) is 8. The Bertz CT molecular complexity index is 1220. The predicted octanol–water partition coefficient (Wildman–Crippen LogP) is 2.15. The number of amides is 5. The highest BCUT2D eigenvalue weighted by molar-refractivity contribution is 6.27. The molecule has 1 spiro atoms. The number of barbiturate groups is 1. The van der Waals surface area contributed by atoms with Gasteiger partial charge < -0.3 is 9.15 Å². The molecule has 0 radical (unpaired) electrons. The Labute approximate surface area is 186 Å². The predicted molar refractivity (Wildman–Crippen MR) is 112 cm³/mol. The molecule has 0 bridgehead atoms. The van der Waals surface area contributed by atoms with Crippen LogP contribution >= 0.6 is 0 Å². The molecule has 3 heterocycles. The number of benzene rings is 2. The molecular weight excluding hydrogens is 430 g/mol. The average molecular weight is 447 g/mol. The van der Waals surface area contributed by atoms with E-state index >= 15 is 0 Å². The Morgan fingerprint density at radius 3 is 2.15 bits per heavy atom. The molecule has 166 valence electrons. The fourth-order valence-corrected chi connectivity index (χ4v) is 4.04. The largest absolute Gasteiger partial charge is 0.457 e.